The van der Waals surface area contributed by atoms with Gasteiger partial charge in [0.1, 0.15) is 5.82 Å². The van der Waals surface area contributed by atoms with Gasteiger partial charge in [0, 0.05) is 43.0 Å². The van der Waals surface area contributed by atoms with E-state index in [1.54, 1.807) is 11.8 Å². The van der Waals surface area contributed by atoms with Crippen LogP contribution in [0.2, 0.25) is 0 Å². The van der Waals surface area contributed by atoms with Crippen molar-refractivity contribution in [2.45, 2.75) is 36.7 Å². The van der Waals surface area contributed by atoms with Gasteiger partial charge in [-0.3, -0.25) is 4.79 Å². The second-order valence-electron chi connectivity index (χ2n) is 6.64. The zero-order valence-electron chi connectivity index (χ0n) is 15.1. The highest BCUT2D eigenvalue weighted by Crippen LogP contribution is 2.26. The fourth-order valence-electron chi connectivity index (χ4n) is 3.19. The summed E-state index contributed by atoms with van der Waals surface area (Å²) in [7, 11) is 4.02. The first-order chi connectivity index (χ1) is 12.1. The SMILES string of the molecule is CSc1ccc2cc(CN[C@H]3CCCCNC3=O)c(N(C)C)nc2c1. The summed E-state index contributed by atoms with van der Waals surface area (Å²) in [4.78, 5) is 20.2. The van der Waals surface area contributed by atoms with Crippen molar-refractivity contribution in [3.63, 3.8) is 0 Å². The Bertz CT molecular complexity index is 762. The first-order valence-electron chi connectivity index (χ1n) is 8.74. The topological polar surface area (TPSA) is 57.3 Å². The highest BCUT2D eigenvalue weighted by Gasteiger charge is 2.20. The molecule has 6 heteroatoms. The lowest BCUT2D eigenvalue weighted by molar-refractivity contribution is -0.122. The summed E-state index contributed by atoms with van der Waals surface area (Å²) < 4.78 is 0. The average Bonchev–Trinajstić information content (AvgIpc) is 2.82. The van der Waals surface area contributed by atoms with Crippen LogP contribution in [0.1, 0.15) is 24.8 Å². The molecule has 0 radical (unpaired) electrons. The molecule has 0 saturated carbocycles. The van der Waals surface area contributed by atoms with Gasteiger partial charge in [0.15, 0.2) is 0 Å². The molecule has 1 aliphatic rings. The number of amides is 1. The van der Waals surface area contributed by atoms with E-state index in [4.69, 9.17) is 4.98 Å². The van der Waals surface area contributed by atoms with Gasteiger partial charge in [0.05, 0.1) is 11.6 Å². The number of carbonyl (C=O) groups excluding carboxylic acids is 1. The Labute approximate surface area is 153 Å². The fraction of sp³-hybridized carbons (Fsp3) is 0.474. The number of anilines is 1. The van der Waals surface area contributed by atoms with Crippen LogP contribution in [0.25, 0.3) is 10.9 Å². The van der Waals surface area contributed by atoms with Gasteiger partial charge < -0.3 is 15.5 Å². The Morgan fingerprint density at radius 3 is 2.92 bits per heavy atom. The van der Waals surface area contributed by atoms with E-state index < -0.39 is 0 Å². The molecule has 1 saturated heterocycles. The number of nitrogens with one attached hydrogen (secondary N) is 2. The monoisotopic (exact) mass is 358 g/mol. The van der Waals surface area contributed by atoms with Gasteiger partial charge in [0.2, 0.25) is 5.91 Å². The highest BCUT2D eigenvalue weighted by molar-refractivity contribution is 7.98. The summed E-state index contributed by atoms with van der Waals surface area (Å²) in [5.74, 6) is 1.06. The van der Waals surface area contributed by atoms with Crippen molar-refractivity contribution in [1.29, 1.82) is 0 Å². The minimum Gasteiger partial charge on any atom is -0.362 e. The third-order valence-electron chi connectivity index (χ3n) is 4.58. The first-order valence-corrected chi connectivity index (χ1v) is 9.97. The summed E-state index contributed by atoms with van der Waals surface area (Å²) in [6.07, 6.45) is 5.10. The molecule has 0 unspecified atom stereocenters. The zero-order valence-corrected chi connectivity index (χ0v) is 15.9. The number of pyridine rings is 1. The van der Waals surface area contributed by atoms with Crippen LogP contribution in [0, 0.1) is 0 Å². The van der Waals surface area contributed by atoms with Crippen LogP contribution in [-0.4, -0.2) is 43.8 Å². The van der Waals surface area contributed by atoms with E-state index in [0.29, 0.717) is 6.54 Å². The van der Waals surface area contributed by atoms with E-state index in [9.17, 15) is 4.79 Å². The van der Waals surface area contributed by atoms with Gasteiger partial charge in [-0.1, -0.05) is 6.07 Å². The Balaban J connectivity index is 1.86. The number of benzene rings is 1. The van der Waals surface area contributed by atoms with Crippen LogP contribution in [0.5, 0.6) is 0 Å². The second kappa shape index (κ2) is 8.06. The number of hydrogen-bond acceptors (Lipinski definition) is 5. The number of nitrogens with zero attached hydrogens (tertiary/aromatic N) is 2. The minimum absolute atomic E-state index is 0.113. The molecule has 1 aromatic carbocycles. The van der Waals surface area contributed by atoms with Crippen LogP contribution >= 0.6 is 11.8 Å². The molecule has 2 heterocycles. The van der Waals surface area contributed by atoms with Gasteiger partial charge in [-0.2, -0.15) is 0 Å². The molecule has 134 valence electrons. The van der Waals surface area contributed by atoms with Gasteiger partial charge >= 0.3 is 0 Å². The number of aromatic nitrogens is 1. The maximum Gasteiger partial charge on any atom is 0.237 e. The van der Waals surface area contributed by atoms with Crippen molar-refractivity contribution in [1.82, 2.24) is 15.6 Å². The lowest BCUT2D eigenvalue weighted by atomic mass is 10.1. The molecule has 1 atom stereocenters. The number of rotatable bonds is 5. The van der Waals surface area contributed by atoms with Crippen LogP contribution in [-0.2, 0) is 11.3 Å². The molecule has 1 aromatic heterocycles. The summed E-state index contributed by atoms with van der Waals surface area (Å²) in [5, 5.41) is 7.54. The number of carbonyl (C=O) groups is 1. The smallest absolute Gasteiger partial charge is 0.237 e. The Morgan fingerprint density at radius 2 is 2.16 bits per heavy atom. The maximum atomic E-state index is 12.1. The van der Waals surface area contributed by atoms with Crippen LogP contribution in [0.3, 0.4) is 0 Å². The summed E-state index contributed by atoms with van der Waals surface area (Å²) in [6, 6.07) is 8.44. The van der Waals surface area contributed by atoms with E-state index in [0.717, 1.165) is 48.1 Å². The van der Waals surface area contributed by atoms with Crippen LogP contribution in [0.4, 0.5) is 5.82 Å². The van der Waals surface area contributed by atoms with Gasteiger partial charge in [0.25, 0.3) is 0 Å². The van der Waals surface area contributed by atoms with E-state index >= 15 is 0 Å². The quantitative estimate of drug-likeness (QED) is 0.805. The minimum atomic E-state index is -0.118. The number of fused-ring (bicyclic) bond motifs is 1. The fourth-order valence-corrected chi connectivity index (χ4v) is 3.63. The van der Waals surface area contributed by atoms with Crippen molar-refractivity contribution in [3.8, 4) is 0 Å². The van der Waals surface area contributed by atoms with Crippen LogP contribution < -0.4 is 15.5 Å². The van der Waals surface area contributed by atoms with E-state index in [1.807, 2.05) is 19.0 Å². The predicted molar refractivity (Wildman–Crippen MR) is 105 cm³/mol. The molecule has 1 fully saturated rings. The molecular formula is C19H26N4OS. The molecule has 2 N–H and O–H groups in total. The lowest BCUT2D eigenvalue weighted by Gasteiger charge is -2.20. The largest absolute Gasteiger partial charge is 0.362 e. The van der Waals surface area contributed by atoms with Crippen molar-refractivity contribution in [2.24, 2.45) is 0 Å². The molecule has 0 spiro atoms. The van der Waals surface area contributed by atoms with Gasteiger partial charge in [-0.15, -0.1) is 11.8 Å². The molecule has 0 bridgehead atoms. The maximum absolute atomic E-state index is 12.1. The van der Waals surface area contributed by atoms with E-state index in [1.165, 1.54) is 4.90 Å². The standard InChI is InChI=1S/C19H26N4OS/c1-23(2)18-14(12-21-16-6-4-5-9-20-19(16)24)10-13-7-8-15(25-3)11-17(13)22-18/h7-8,10-11,16,21H,4-6,9,12H2,1-3H3,(H,20,24)/t16-/m0/s1. The van der Waals surface area contributed by atoms with Crippen molar-refractivity contribution >= 4 is 34.4 Å². The normalized spacial score (nSPS) is 18.0. The third kappa shape index (κ3) is 4.25. The lowest BCUT2D eigenvalue weighted by Crippen LogP contribution is -2.42. The molecular weight excluding hydrogens is 332 g/mol. The molecule has 2 aromatic rings. The second-order valence-corrected chi connectivity index (χ2v) is 7.52. The summed E-state index contributed by atoms with van der Waals surface area (Å²) >= 11 is 1.72. The van der Waals surface area contributed by atoms with Crippen molar-refractivity contribution in [2.75, 3.05) is 31.8 Å². The van der Waals surface area contributed by atoms with Crippen molar-refractivity contribution in [3.05, 3.63) is 29.8 Å². The van der Waals surface area contributed by atoms with E-state index in [2.05, 4.69) is 41.2 Å². The van der Waals surface area contributed by atoms with E-state index in [-0.39, 0.29) is 11.9 Å². The molecule has 25 heavy (non-hydrogen) atoms. The Kier molecular flexibility index (Phi) is 5.81. The van der Waals surface area contributed by atoms with Crippen LogP contribution in [0.15, 0.2) is 29.2 Å². The van der Waals surface area contributed by atoms with Crippen molar-refractivity contribution < 1.29 is 4.79 Å². The zero-order chi connectivity index (χ0) is 17.8. The molecule has 0 aliphatic carbocycles. The molecule has 1 aliphatic heterocycles. The average molecular weight is 359 g/mol. The first kappa shape index (κ1) is 18.0. The molecule has 3 rings (SSSR count). The molecule has 1 amide bonds. The summed E-state index contributed by atoms with van der Waals surface area (Å²) in [6.45, 7) is 1.42. The van der Waals surface area contributed by atoms with Gasteiger partial charge in [-0.25, -0.2) is 4.98 Å². The Morgan fingerprint density at radius 1 is 1.32 bits per heavy atom. The van der Waals surface area contributed by atoms with Gasteiger partial charge in [-0.05, 0) is 43.7 Å². The highest BCUT2D eigenvalue weighted by atomic mass is 32.2. The third-order valence-corrected chi connectivity index (χ3v) is 5.30. The Hall–Kier alpha value is -1.79. The number of hydrogen-bond donors (Lipinski definition) is 2. The summed E-state index contributed by atoms with van der Waals surface area (Å²) in [5.41, 5.74) is 2.12. The molecule has 5 nitrogen and oxygen atoms in total. The predicted octanol–water partition coefficient (Wildman–Crippen LogP) is 2.78. The number of thioether (sulfide) groups is 1.